The van der Waals surface area contributed by atoms with Gasteiger partial charge in [-0.3, -0.25) is 14.4 Å². The summed E-state index contributed by atoms with van der Waals surface area (Å²) >= 11 is 0. The average molecular weight is 466 g/mol. The lowest BCUT2D eigenvalue weighted by Gasteiger charge is -2.44. The van der Waals surface area contributed by atoms with Crippen LogP contribution in [-0.4, -0.2) is 46.8 Å². The van der Waals surface area contributed by atoms with Crippen LogP contribution in [0.5, 0.6) is 5.75 Å². The molecule has 5 rings (SSSR count). The topological polar surface area (TPSA) is 89.9 Å². The predicted molar refractivity (Wildman–Crippen MR) is 107 cm³/mol. The van der Waals surface area contributed by atoms with Gasteiger partial charge >= 0.3 is 0 Å². The fourth-order valence-corrected chi connectivity index (χ4v) is 4.74. The Morgan fingerprint density at radius 3 is 2.70 bits per heavy atom. The number of aromatic nitrogens is 1. The lowest BCUT2D eigenvalue weighted by Crippen LogP contribution is -2.57. The molecule has 8 nitrogen and oxygen atoms in total. The summed E-state index contributed by atoms with van der Waals surface area (Å²) in [7, 11) is 1.15. The van der Waals surface area contributed by atoms with Crippen LogP contribution in [0.2, 0.25) is 0 Å². The van der Waals surface area contributed by atoms with Crippen molar-refractivity contribution in [3.05, 3.63) is 62.8 Å². The van der Waals surface area contributed by atoms with E-state index >= 15 is 0 Å². The first-order chi connectivity index (χ1) is 16.5. The number of amides is 2. The van der Waals surface area contributed by atoms with Crippen LogP contribution in [0.15, 0.2) is 23.1 Å². The van der Waals surface area contributed by atoms with Gasteiger partial charge in [0, 0.05) is 36.4 Å². The normalized spacial score (nSPS) is 24.5. The number of ether oxygens (including phenoxy) is 2. The average Bonchev–Trinajstić information content (AvgIpc) is 3.13. The molecular formula is C22H20F3N3O5. The maximum Gasteiger partial charge on any atom is 0.276 e. The molecule has 1 aliphatic carbocycles. The van der Waals surface area contributed by atoms with Gasteiger partial charge < -0.3 is 24.3 Å². The smallest absolute Gasteiger partial charge is 0.276 e. The second-order valence-electron chi connectivity index (χ2n) is 8.12. The van der Waals surface area contributed by atoms with E-state index in [0.717, 1.165) is 26.1 Å². The summed E-state index contributed by atoms with van der Waals surface area (Å²) in [5, 5.41) is 1.78. The largest absolute Gasteiger partial charge is 0.491 e. The summed E-state index contributed by atoms with van der Waals surface area (Å²) in [4.78, 5) is 40.9. The van der Waals surface area contributed by atoms with Crippen LogP contribution in [0.25, 0.3) is 0 Å². The van der Waals surface area contributed by atoms with Crippen molar-refractivity contribution in [3.63, 3.8) is 0 Å². The van der Waals surface area contributed by atoms with E-state index in [-0.39, 0.29) is 36.5 Å². The number of carbonyl (C=O) groups is 2. The van der Waals surface area contributed by atoms with Crippen LogP contribution in [0.4, 0.5) is 13.2 Å². The molecule has 1 aromatic heterocycles. The van der Waals surface area contributed by atoms with E-state index in [0.29, 0.717) is 6.42 Å². The van der Waals surface area contributed by atoms with Crippen LogP contribution in [0, 0.1) is 17.5 Å². The Balaban J connectivity index is 1.52. The van der Waals surface area contributed by atoms with Gasteiger partial charge in [-0.05, 0) is 19.3 Å². The number of hydrogen-bond acceptors (Lipinski definition) is 5. The van der Waals surface area contributed by atoms with Crippen molar-refractivity contribution >= 4 is 11.8 Å². The molecule has 0 spiro atoms. The number of benzene rings is 1. The third-order valence-corrected chi connectivity index (χ3v) is 6.19. The van der Waals surface area contributed by atoms with E-state index in [1.54, 1.807) is 10.2 Å². The number of fused-ring (bicyclic) bond motifs is 5. The molecular weight excluding hydrogens is 444 g/mol. The monoisotopic (exact) mass is 466 g/mol. The molecule has 1 N–H and O–H groups in total. The van der Waals surface area contributed by atoms with Gasteiger partial charge in [0.15, 0.2) is 17.7 Å². The zero-order chi connectivity index (χ0) is 25.2. The summed E-state index contributed by atoms with van der Waals surface area (Å²) in [5.41, 5.74) is -2.91. The maximum absolute atomic E-state index is 14.1. The number of nitrogens with one attached hydrogen (secondary N) is 1. The van der Waals surface area contributed by atoms with E-state index in [2.05, 4.69) is 0 Å². The molecule has 2 fully saturated rings. The number of hydrogen-bond donors (Lipinski definition) is 1. The minimum absolute atomic E-state index is 0.00685. The van der Waals surface area contributed by atoms with Crippen LogP contribution in [0.1, 0.15) is 48.4 Å². The van der Waals surface area contributed by atoms with Crippen molar-refractivity contribution in [2.24, 2.45) is 0 Å². The molecule has 0 unspecified atom stereocenters. The number of halogens is 3. The Hall–Kier alpha value is -3.34. The Labute approximate surface area is 188 Å². The molecule has 3 aliphatic rings. The Morgan fingerprint density at radius 1 is 1.27 bits per heavy atom. The Bertz CT molecular complexity index is 1290. The van der Waals surface area contributed by atoms with E-state index in [1.165, 1.54) is 4.57 Å². The summed E-state index contributed by atoms with van der Waals surface area (Å²) in [6, 6.07) is 0.511. The number of rotatable bonds is 4. The maximum atomic E-state index is 14.1. The Kier molecular flexibility index (Phi) is 4.59. The van der Waals surface area contributed by atoms with Crippen LogP contribution >= 0.6 is 0 Å². The number of nitrogens with zero attached hydrogens (tertiary/aromatic N) is 2. The molecule has 2 amide bonds. The number of methoxy groups -OCH3 is 1. The van der Waals surface area contributed by atoms with E-state index in [1.807, 2.05) is 0 Å². The van der Waals surface area contributed by atoms with Gasteiger partial charge in [-0.1, -0.05) is 0 Å². The lowest BCUT2D eigenvalue weighted by molar-refractivity contribution is -0.132. The highest BCUT2D eigenvalue weighted by atomic mass is 19.1. The Morgan fingerprint density at radius 2 is 2.00 bits per heavy atom. The van der Waals surface area contributed by atoms with Crippen LogP contribution in [0.3, 0.4) is 0 Å². The van der Waals surface area contributed by atoms with Crippen LogP contribution in [-0.2, 0) is 17.8 Å². The quantitative estimate of drug-likeness (QED) is 0.696. The first-order valence-electron chi connectivity index (χ1n) is 11.3. The minimum Gasteiger partial charge on any atom is -0.491 e. The fourth-order valence-electron chi connectivity index (χ4n) is 4.74. The van der Waals surface area contributed by atoms with Gasteiger partial charge in [0.25, 0.3) is 11.8 Å². The van der Waals surface area contributed by atoms with Crippen molar-refractivity contribution in [2.45, 2.75) is 50.7 Å². The third kappa shape index (κ3) is 3.47. The summed E-state index contributed by atoms with van der Waals surface area (Å²) < 4.78 is 69.9. The van der Waals surface area contributed by atoms with E-state index in [4.69, 9.17) is 12.2 Å². The fraction of sp³-hybridized carbons (Fsp3) is 0.409. The van der Waals surface area contributed by atoms with Gasteiger partial charge in [-0.15, -0.1) is 0 Å². The molecule has 1 saturated carbocycles. The first kappa shape index (κ1) is 19.2. The van der Waals surface area contributed by atoms with Crippen molar-refractivity contribution in [3.8, 4) is 5.75 Å². The van der Waals surface area contributed by atoms with Gasteiger partial charge in [0.05, 0.1) is 22.5 Å². The molecule has 1 saturated heterocycles. The summed E-state index contributed by atoms with van der Waals surface area (Å²) in [6.45, 7) is -3.05. The highest BCUT2D eigenvalue weighted by Gasteiger charge is 2.47. The molecule has 3 heterocycles. The lowest BCUT2D eigenvalue weighted by atomic mass is 10.1. The second kappa shape index (κ2) is 7.91. The molecule has 2 bridgehead atoms. The van der Waals surface area contributed by atoms with Crippen molar-refractivity contribution in [1.82, 2.24) is 14.8 Å². The van der Waals surface area contributed by atoms with E-state index in [9.17, 15) is 27.6 Å². The predicted octanol–water partition coefficient (Wildman–Crippen LogP) is 1.94. The highest BCUT2D eigenvalue weighted by Crippen LogP contribution is 2.38. The molecule has 2 aliphatic heterocycles. The van der Waals surface area contributed by atoms with Crippen molar-refractivity contribution in [1.29, 1.82) is 0 Å². The molecule has 3 atom stereocenters. The van der Waals surface area contributed by atoms with Gasteiger partial charge in [0.2, 0.25) is 5.43 Å². The number of carbonyl (C=O) groups excluding carboxylic acids is 2. The zero-order valence-corrected chi connectivity index (χ0v) is 17.4. The summed E-state index contributed by atoms with van der Waals surface area (Å²) in [6.07, 6.45) is 2.73. The van der Waals surface area contributed by atoms with Gasteiger partial charge in [-0.25, -0.2) is 13.2 Å². The second-order valence-corrected chi connectivity index (χ2v) is 8.12. The first-order valence-corrected chi connectivity index (χ1v) is 10.3. The molecule has 174 valence electrons. The number of pyridine rings is 1. The standard InChI is InChI=1S/C22H20F3N3O5/c1-32-20-18-22(31)28-11-2-3-12(6-11)33-17(28)9-27(18)8-14(19(20)29)21(30)26-7-13-15(24)4-10(23)5-16(13)25/h4-5,8,11-12,17H,2-3,6-7,9H2,1H3,(H,26,30)/t11-,12+,17+/m0/s1/i7D2,26+1. The minimum atomic E-state index is -3.14. The molecule has 33 heavy (non-hydrogen) atoms. The highest BCUT2D eigenvalue weighted by molar-refractivity contribution is 5.99. The van der Waals surface area contributed by atoms with Crippen LogP contribution < -0.4 is 15.5 Å². The molecule has 11 heteroatoms. The van der Waals surface area contributed by atoms with Crippen molar-refractivity contribution in [2.75, 3.05) is 7.11 Å². The molecule has 1 aromatic carbocycles. The summed E-state index contributed by atoms with van der Waals surface area (Å²) in [5.74, 6) is -6.58. The SMILES string of the molecule is [2H]C([2H])([15NH]C(=O)c1cn2c(c(OC)c1=O)C(=O)N1[C@H]3CC[C@H](C3)O[C@@H]1C2)c1c(F)cc(F)cc1F. The third-order valence-electron chi connectivity index (χ3n) is 6.19. The zero-order valence-electron chi connectivity index (χ0n) is 19.4. The van der Waals surface area contributed by atoms with Gasteiger partial charge in [-0.2, -0.15) is 0 Å². The van der Waals surface area contributed by atoms with Crippen molar-refractivity contribution < 1.29 is 35.0 Å². The van der Waals surface area contributed by atoms with Gasteiger partial charge in [0.1, 0.15) is 23.0 Å². The molecule has 0 radical (unpaired) electrons. The molecule has 2 aromatic rings. The van der Waals surface area contributed by atoms with E-state index < -0.39 is 64.3 Å².